The maximum absolute atomic E-state index is 11.8. The molecule has 1 aromatic carbocycles. The van der Waals surface area contributed by atoms with Gasteiger partial charge < -0.3 is 5.32 Å². The molecule has 1 aliphatic carbocycles. The van der Waals surface area contributed by atoms with Crippen LogP contribution >= 0.6 is 11.6 Å². The molecule has 18 heavy (non-hydrogen) atoms. The normalized spacial score (nSPS) is 16.7. The lowest BCUT2D eigenvalue weighted by Gasteiger charge is -2.11. The summed E-state index contributed by atoms with van der Waals surface area (Å²) in [6.07, 6.45) is 3.23. The molecule has 2 nitrogen and oxygen atoms in total. The number of rotatable bonds is 5. The maximum Gasteiger partial charge on any atom is 0.242 e. The fraction of sp³-hybridized carbons (Fsp3) is 0.533. The molecule has 3 heteroatoms. The standard InChI is InChI=1S/C15H20ClNO/c1-10(2)9-11-3-5-12(6-4-11)14(16)15(18)17-13-7-8-13/h3-6,10,13-14H,7-9H2,1-2H3,(H,17,18). The minimum atomic E-state index is -0.571. The van der Waals surface area contributed by atoms with Gasteiger partial charge in [-0.25, -0.2) is 0 Å². The van der Waals surface area contributed by atoms with E-state index in [1.807, 2.05) is 12.1 Å². The fourth-order valence-corrected chi connectivity index (χ4v) is 2.16. The van der Waals surface area contributed by atoms with E-state index in [1.54, 1.807) is 0 Å². The average Bonchev–Trinajstić information content (AvgIpc) is 3.12. The van der Waals surface area contributed by atoms with E-state index in [0.717, 1.165) is 24.8 Å². The number of carbonyl (C=O) groups is 1. The van der Waals surface area contributed by atoms with Crippen LogP contribution in [0.1, 0.15) is 43.2 Å². The first-order chi connectivity index (χ1) is 8.56. The van der Waals surface area contributed by atoms with Crippen molar-refractivity contribution in [2.45, 2.75) is 44.5 Å². The number of hydrogen-bond acceptors (Lipinski definition) is 1. The summed E-state index contributed by atoms with van der Waals surface area (Å²) >= 11 is 6.17. The maximum atomic E-state index is 11.8. The lowest BCUT2D eigenvalue weighted by molar-refractivity contribution is -0.121. The first-order valence-corrected chi connectivity index (χ1v) is 7.03. The summed E-state index contributed by atoms with van der Waals surface area (Å²) in [5.41, 5.74) is 2.17. The van der Waals surface area contributed by atoms with Gasteiger partial charge in [0.2, 0.25) is 5.91 Å². The quantitative estimate of drug-likeness (QED) is 0.812. The molecular weight excluding hydrogens is 246 g/mol. The van der Waals surface area contributed by atoms with E-state index in [4.69, 9.17) is 11.6 Å². The predicted molar refractivity (Wildman–Crippen MR) is 74.7 cm³/mol. The van der Waals surface area contributed by atoms with Crippen molar-refractivity contribution in [2.24, 2.45) is 5.92 Å². The molecule has 0 aromatic heterocycles. The number of nitrogens with one attached hydrogen (secondary N) is 1. The summed E-state index contributed by atoms with van der Waals surface area (Å²) in [7, 11) is 0. The van der Waals surface area contributed by atoms with E-state index in [0.29, 0.717) is 12.0 Å². The summed E-state index contributed by atoms with van der Waals surface area (Å²) in [6.45, 7) is 4.39. The molecule has 1 aliphatic rings. The number of alkyl halides is 1. The second-order valence-electron chi connectivity index (χ2n) is 5.48. The van der Waals surface area contributed by atoms with Gasteiger partial charge in [-0.3, -0.25) is 4.79 Å². The molecule has 0 heterocycles. The highest BCUT2D eigenvalue weighted by molar-refractivity contribution is 6.30. The monoisotopic (exact) mass is 265 g/mol. The van der Waals surface area contributed by atoms with Gasteiger partial charge in [-0.05, 0) is 36.3 Å². The molecule has 1 N–H and O–H groups in total. The highest BCUT2D eigenvalue weighted by Gasteiger charge is 2.27. The molecule has 0 bridgehead atoms. The van der Waals surface area contributed by atoms with Crippen LogP contribution < -0.4 is 5.32 Å². The zero-order chi connectivity index (χ0) is 13.1. The first kappa shape index (κ1) is 13.4. The van der Waals surface area contributed by atoms with Gasteiger partial charge in [0, 0.05) is 6.04 Å². The van der Waals surface area contributed by atoms with Crippen molar-refractivity contribution in [1.82, 2.24) is 5.32 Å². The van der Waals surface area contributed by atoms with Gasteiger partial charge in [0.05, 0.1) is 0 Å². The average molecular weight is 266 g/mol. The Hall–Kier alpha value is -1.02. The van der Waals surface area contributed by atoms with Crippen LogP contribution in [0, 0.1) is 5.92 Å². The summed E-state index contributed by atoms with van der Waals surface area (Å²) in [6, 6.07) is 8.41. The Labute approximate surface area is 114 Å². The second kappa shape index (κ2) is 5.75. The SMILES string of the molecule is CC(C)Cc1ccc(C(Cl)C(=O)NC2CC2)cc1. The van der Waals surface area contributed by atoms with E-state index in [2.05, 4.69) is 31.3 Å². The fourth-order valence-electron chi connectivity index (χ4n) is 1.95. The zero-order valence-corrected chi connectivity index (χ0v) is 11.7. The van der Waals surface area contributed by atoms with Crippen LogP contribution in [0.2, 0.25) is 0 Å². The Balaban J connectivity index is 1.96. The predicted octanol–water partition coefficient (Wildman–Crippen LogP) is 3.44. The van der Waals surface area contributed by atoms with Crippen LogP contribution in [0.15, 0.2) is 24.3 Å². The molecule has 1 unspecified atom stereocenters. The third-order valence-corrected chi connectivity index (χ3v) is 3.52. The van der Waals surface area contributed by atoms with Crippen molar-refractivity contribution >= 4 is 17.5 Å². The molecule has 1 saturated carbocycles. The lowest BCUT2D eigenvalue weighted by atomic mass is 10.0. The van der Waals surface area contributed by atoms with Crippen LogP contribution in [0.3, 0.4) is 0 Å². The highest BCUT2D eigenvalue weighted by Crippen LogP contribution is 2.25. The smallest absolute Gasteiger partial charge is 0.242 e. The third-order valence-electron chi connectivity index (χ3n) is 3.07. The Morgan fingerprint density at radius 2 is 1.94 bits per heavy atom. The molecule has 2 rings (SSSR count). The first-order valence-electron chi connectivity index (χ1n) is 6.59. The Morgan fingerprint density at radius 1 is 1.33 bits per heavy atom. The molecule has 0 spiro atoms. The number of benzene rings is 1. The van der Waals surface area contributed by atoms with E-state index < -0.39 is 5.38 Å². The second-order valence-corrected chi connectivity index (χ2v) is 5.92. The third kappa shape index (κ3) is 3.74. The molecule has 1 aromatic rings. The van der Waals surface area contributed by atoms with E-state index in [9.17, 15) is 4.79 Å². The van der Waals surface area contributed by atoms with Crippen molar-refractivity contribution in [3.05, 3.63) is 35.4 Å². The van der Waals surface area contributed by atoms with Crippen molar-refractivity contribution in [3.8, 4) is 0 Å². The van der Waals surface area contributed by atoms with Crippen molar-refractivity contribution < 1.29 is 4.79 Å². The number of carbonyl (C=O) groups excluding carboxylic acids is 1. The lowest BCUT2D eigenvalue weighted by Crippen LogP contribution is -2.28. The topological polar surface area (TPSA) is 29.1 Å². The van der Waals surface area contributed by atoms with Crippen LogP contribution in [0.4, 0.5) is 0 Å². The largest absolute Gasteiger partial charge is 0.352 e. The summed E-state index contributed by atoms with van der Waals surface area (Å²) < 4.78 is 0. The summed E-state index contributed by atoms with van der Waals surface area (Å²) in [4.78, 5) is 11.8. The molecule has 1 amide bonds. The van der Waals surface area contributed by atoms with Gasteiger partial charge in [0.1, 0.15) is 5.38 Å². The van der Waals surface area contributed by atoms with E-state index in [1.165, 1.54) is 5.56 Å². The highest BCUT2D eigenvalue weighted by atomic mass is 35.5. The van der Waals surface area contributed by atoms with Crippen LogP contribution in [-0.4, -0.2) is 11.9 Å². The van der Waals surface area contributed by atoms with Gasteiger partial charge >= 0.3 is 0 Å². The zero-order valence-electron chi connectivity index (χ0n) is 10.9. The molecule has 0 radical (unpaired) electrons. The van der Waals surface area contributed by atoms with Gasteiger partial charge in [-0.15, -0.1) is 11.6 Å². The van der Waals surface area contributed by atoms with Crippen molar-refractivity contribution in [1.29, 1.82) is 0 Å². The van der Waals surface area contributed by atoms with Gasteiger partial charge in [-0.2, -0.15) is 0 Å². The molecule has 1 fully saturated rings. The van der Waals surface area contributed by atoms with E-state index in [-0.39, 0.29) is 5.91 Å². The number of halogens is 1. The Bertz CT molecular complexity index is 409. The van der Waals surface area contributed by atoms with Gasteiger partial charge in [-0.1, -0.05) is 38.1 Å². The Kier molecular flexibility index (Phi) is 4.28. The van der Waals surface area contributed by atoms with Gasteiger partial charge in [0.25, 0.3) is 0 Å². The molecule has 1 atom stereocenters. The number of hydrogen-bond donors (Lipinski definition) is 1. The van der Waals surface area contributed by atoms with Crippen molar-refractivity contribution in [3.63, 3.8) is 0 Å². The van der Waals surface area contributed by atoms with Crippen molar-refractivity contribution in [2.75, 3.05) is 0 Å². The van der Waals surface area contributed by atoms with Crippen LogP contribution in [0.25, 0.3) is 0 Å². The minimum Gasteiger partial charge on any atom is -0.352 e. The molecule has 0 saturated heterocycles. The van der Waals surface area contributed by atoms with E-state index >= 15 is 0 Å². The van der Waals surface area contributed by atoms with Gasteiger partial charge in [0.15, 0.2) is 0 Å². The minimum absolute atomic E-state index is 0.0734. The molecule has 98 valence electrons. The van der Waals surface area contributed by atoms with Crippen LogP contribution in [-0.2, 0) is 11.2 Å². The molecular formula is C15H20ClNO. The summed E-state index contributed by atoms with van der Waals surface area (Å²) in [5.74, 6) is 0.566. The Morgan fingerprint density at radius 3 is 2.44 bits per heavy atom. The molecule has 0 aliphatic heterocycles. The van der Waals surface area contributed by atoms with Crippen LogP contribution in [0.5, 0.6) is 0 Å². The number of amides is 1. The summed E-state index contributed by atoms with van der Waals surface area (Å²) in [5, 5.41) is 2.36.